The molecule has 2 aliphatic rings. The van der Waals surface area contributed by atoms with Crippen LogP contribution in [0.2, 0.25) is 5.02 Å². The second-order valence-electron chi connectivity index (χ2n) is 9.04. The van der Waals surface area contributed by atoms with Gasteiger partial charge in [-0.25, -0.2) is 4.68 Å². The van der Waals surface area contributed by atoms with E-state index in [1.165, 1.54) is 0 Å². The molecule has 0 amide bonds. The van der Waals surface area contributed by atoms with E-state index in [1.807, 2.05) is 60.1 Å². The number of para-hydroxylation sites is 1. The normalized spacial score (nSPS) is 19.9. The number of aromatic nitrogens is 2. The van der Waals surface area contributed by atoms with Crippen molar-refractivity contribution in [3.63, 3.8) is 0 Å². The molecule has 1 atom stereocenters. The number of nitrogens with one attached hydrogen (secondary N) is 1. The monoisotopic (exact) mass is 417 g/mol. The Morgan fingerprint density at radius 1 is 1.10 bits per heavy atom. The third kappa shape index (κ3) is 3.07. The molecule has 0 saturated heterocycles. The van der Waals surface area contributed by atoms with Crippen LogP contribution in [-0.2, 0) is 4.79 Å². The molecule has 30 heavy (non-hydrogen) atoms. The van der Waals surface area contributed by atoms with E-state index in [-0.39, 0.29) is 17.1 Å². The lowest BCUT2D eigenvalue weighted by Crippen LogP contribution is -2.34. The molecule has 0 bridgehead atoms. The van der Waals surface area contributed by atoms with Crippen LogP contribution in [0.3, 0.4) is 0 Å². The molecule has 0 spiro atoms. The molecule has 5 heteroatoms. The van der Waals surface area contributed by atoms with Crippen LogP contribution in [0.1, 0.15) is 49.4 Å². The predicted molar refractivity (Wildman–Crippen MR) is 120 cm³/mol. The number of fused-ring (bicyclic) bond motifs is 1. The van der Waals surface area contributed by atoms with Crippen molar-refractivity contribution in [2.24, 2.45) is 5.41 Å². The van der Waals surface area contributed by atoms with Gasteiger partial charge in [0.1, 0.15) is 5.82 Å². The number of rotatable bonds is 2. The minimum atomic E-state index is -0.170. The van der Waals surface area contributed by atoms with Gasteiger partial charge in [0.2, 0.25) is 0 Å². The van der Waals surface area contributed by atoms with Crippen LogP contribution in [0.15, 0.2) is 65.9 Å². The van der Waals surface area contributed by atoms with Crippen molar-refractivity contribution >= 4 is 23.2 Å². The number of Topliss-reactive ketones (excluding diaryl/α,β-unsaturated/α-hetero) is 1. The summed E-state index contributed by atoms with van der Waals surface area (Å²) in [6, 6.07) is 18.0. The molecule has 0 fully saturated rings. The number of halogens is 1. The van der Waals surface area contributed by atoms with E-state index in [4.69, 9.17) is 16.7 Å². The fourth-order valence-electron chi connectivity index (χ4n) is 4.85. The number of benzene rings is 2. The fourth-order valence-corrected chi connectivity index (χ4v) is 5.05. The molecule has 4 nitrogen and oxygen atoms in total. The SMILES string of the molecule is Cc1nn(-c2ccccc2)c2c1[C@@H](c1cccc(Cl)c1)C1=C(CC(C)(C)CC1=O)N2. The van der Waals surface area contributed by atoms with Crippen molar-refractivity contribution in [1.82, 2.24) is 9.78 Å². The molecule has 0 unspecified atom stereocenters. The van der Waals surface area contributed by atoms with Gasteiger partial charge in [-0.3, -0.25) is 4.79 Å². The Morgan fingerprint density at radius 3 is 2.60 bits per heavy atom. The number of carbonyl (C=O) groups excluding carboxylic acids is 1. The first-order valence-electron chi connectivity index (χ1n) is 10.3. The van der Waals surface area contributed by atoms with Gasteiger partial charge in [-0.05, 0) is 48.6 Å². The lowest BCUT2D eigenvalue weighted by Gasteiger charge is -2.38. The Bertz CT molecular complexity index is 1190. The molecular weight excluding hydrogens is 394 g/mol. The zero-order chi connectivity index (χ0) is 21.0. The van der Waals surface area contributed by atoms with Crippen molar-refractivity contribution in [1.29, 1.82) is 0 Å². The smallest absolute Gasteiger partial charge is 0.162 e. The van der Waals surface area contributed by atoms with Gasteiger partial charge in [-0.15, -0.1) is 0 Å². The average Bonchev–Trinajstić information content (AvgIpc) is 3.02. The first kappa shape index (κ1) is 19.1. The molecule has 1 aliphatic heterocycles. The number of hydrogen-bond donors (Lipinski definition) is 1. The third-order valence-electron chi connectivity index (χ3n) is 6.06. The maximum atomic E-state index is 13.4. The molecular formula is C25H24ClN3O. The van der Waals surface area contributed by atoms with Crippen molar-refractivity contribution < 1.29 is 4.79 Å². The maximum Gasteiger partial charge on any atom is 0.162 e. The van der Waals surface area contributed by atoms with Gasteiger partial charge in [0.25, 0.3) is 0 Å². The fraction of sp³-hybridized carbons (Fsp3) is 0.280. The first-order chi connectivity index (χ1) is 14.3. The molecule has 1 aromatic heterocycles. The zero-order valence-electron chi connectivity index (χ0n) is 17.4. The predicted octanol–water partition coefficient (Wildman–Crippen LogP) is 6.03. The third-order valence-corrected chi connectivity index (χ3v) is 6.29. The van der Waals surface area contributed by atoms with Gasteiger partial charge in [0.15, 0.2) is 5.78 Å². The van der Waals surface area contributed by atoms with Crippen molar-refractivity contribution in [2.75, 3.05) is 5.32 Å². The lowest BCUT2D eigenvalue weighted by atomic mass is 9.69. The largest absolute Gasteiger partial charge is 0.343 e. The highest BCUT2D eigenvalue weighted by Gasteiger charge is 2.42. The summed E-state index contributed by atoms with van der Waals surface area (Å²) in [5.74, 6) is 0.972. The lowest BCUT2D eigenvalue weighted by molar-refractivity contribution is -0.118. The molecule has 0 radical (unpaired) electrons. The average molecular weight is 418 g/mol. The summed E-state index contributed by atoms with van der Waals surface area (Å²) in [7, 11) is 0. The molecule has 2 heterocycles. The molecule has 152 valence electrons. The van der Waals surface area contributed by atoms with Gasteiger partial charge in [-0.1, -0.05) is 55.8 Å². The summed E-state index contributed by atoms with van der Waals surface area (Å²) in [6.07, 6.45) is 1.37. The highest BCUT2D eigenvalue weighted by molar-refractivity contribution is 6.30. The summed E-state index contributed by atoms with van der Waals surface area (Å²) in [6.45, 7) is 6.32. The quantitative estimate of drug-likeness (QED) is 0.553. The Labute approximate surface area is 181 Å². The molecule has 3 aromatic rings. The number of allylic oxidation sites excluding steroid dienone is 2. The highest BCUT2D eigenvalue weighted by atomic mass is 35.5. The Balaban J connectivity index is 1.77. The Morgan fingerprint density at radius 2 is 1.87 bits per heavy atom. The number of nitrogens with zero attached hydrogens (tertiary/aromatic N) is 2. The summed E-state index contributed by atoms with van der Waals surface area (Å²) in [5, 5.41) is 9.15. The molecule has 1 N–H and O–H groups in total. The van der Waals surface area contributed by atoms with Gasteiger partial charge in [0.05, 0.1) is 11.4 Å². The number of carbonyl (C=O) groups is 1. The Hall–Kier alpha value is -2.85. The Kier molecular flexibility index (Phi) is 4.37. The minimum Gasteiger partial charge on any atom is -0.343 e. The minimum absolute atomic E-state index is 0.0774. The van der Waals surface area contributed by atoms with E-state index in [1.54, 1.807) is 0 Å². The summed E-state index contributed by atoms with van der Waals surface area (Å²) in [4.78, 5) is 13.4. The van der Waals surface area contributed by atoms with Gasteiger partial charge < -0.3 is 5.32 Å². The summed E-state index contributed by atoms with van der Waals surface area (Å²) in [5.41, 5.74) is 5.77. The van der Waals surface area contributed by atoms with Crippen LogP contribution in [0.25, 0.3) is 5.69 Å². The van der Waals surface area contributed by atoms with Crippen molar-refractivity contribution in [2.45, 2.75) is 39.5 Å². The van der Waals surface area contributed by atoms with E-state index in [0.29, 0.717) is 11.4 Å². The number of hydrogen-bond acceptors (Lipinski definition) is 3. The van der Waals surface area contributed by atoms with Crippen LogP contribution in [0.5, 0.6) is 0 Å². The number of ketones is 1. The van der Waals surface area contributed by atoms with Gasteiger partial charge >= 0.3 is 0 Å². The molecule has 1 aliphatic carbocycles. The molecule has 5 rings (SSSR count). The van der Waals surface area contributed by atoms with E-state index in [0.717, 1.165) is 46.0 Å². The van der Waals surface area contributed by atoms with E-state index in [2.05, 4.69) is 25.2 Å². The second kappa shape index (κ2) is 6.85. The van der Waals surface area contributed by atoms with Crippen molar-refractivity contribution in [3.8, 4) is 5.69 Å². The topological polar surface area (TPSA) is 46.9 Å². The maximum absolute atomic E-state index is 13.4. The second-order valence-corrected chi connectivity index (χ2v) is 9.48. The standard InChI is InChI=1S/C25H24ClN3O/c1-15-21-22(16-8-7-9-17(26)12-16)23-19(13-25(2,3)14-20(23)30)27-24(21)29(28-15)18-10-5-4-6-11-18/h4-12,22,27H,13-14H2,1-3H3/t22-/m1/s1. The summed E-state index contributed by atoms with van der Waals surface area (Å²) >= 11 is 6.35. The number of anilines is 1. The van der Waals surface area contributed by atoms with Gasteiger partial charge in [-0.2, -0.15) is 5.10 Å². The van der Waals surface area contributed by atoms with E-state index >= 15 is 0 Å². The van der Waals surface area contributed by atoms with Crippen molar-refractivity contribution in [3.05, 3.63) is 87.7 Å². The molecule has 2 aromatic carbocycles. The van der Waals surface area contributed by atoms with Crippen LogP contribution in [0, 0.1) is 12.3 Å². The summed E-state index contributed by atoms with van der Waals surface area (Å²) < 4.78 is 1.96. The van der Waals surface area contributed by atoms with Gasteiger partial charge in [0, 0.05) is 34.2 Å². The van der Waals surface area contributed by atoms with Crippen LogP contribution >= 0.6 is 11.6 Å². The highest BCUT2D eigenvalue weighted by Crippen LogP contribution is 2.50. The van der Waals surface area contributed by atoms with Crippen LogP contribution < -0.4 is 5.32 Å². The van der Waals surface area contributed by atoms with E-state index in [9.17, 15) is 4.79 Å². The number of aryl methyl sites for hydroxylation is 1. The zero-order valence-corrected chi connectivity index (χ0v) is 18.1. The van der Waals surface area contributed by atoms with Crippen LogP contribution in [0.4, 0.5) is 5.82 Å². The van der Waals surface area contributed by atoms with Crippen LogP contribution in [-0.4, -0.2) is 15.6 Å². The molecule has 0 saturated carbocycles. The first-order valence-corrected chi connectivity index (χ1v) is 10.7. The van der Waals surface area contributed by atoms with E-state index < -0.39 is 0 Å².